The van der Waals surface area contributed by atoms with Crippen LogP contribution in [0.3, 0.4) is 0 Å². The van der Waals surface area contributed by atoms with Crippen molar-refractivity contribution < 1.29 is 21.6 Å². The van der Waals surface area contributed by atoms with Crippen LogP contribution in [0.25, 0.3) is 0 Å². The number of benzene rings is 1. The zero-order valence-electron chi connectivity index (χ0n) is 11.2. The molecule has 4 nitrogen and oxygen atoms in total. The van der Waals surface area contributed by atoms with E-state index in [0.717, 1.165) is 12.1 Å². The summed E-state index contributed by atoms with van der Waals surface area (Å²) in [6.07, 6.45) is -4.80. The number of hydrogen-bond donors (Lipinski definition) is 0. The van der Waals surface area contributed by atoms with E-state index in [1.165, 1.54) is 17.4 Å². The standard InChI is InChI=1S/C13H9F3N2O2S2/c1-8-18-10(6-21-8)7-22(19,20)11-3-2-9(5-17)12(4-11)13(14,15)16/h2-4,6H,7H2,1H3. The number of halogens is 3. The molecule has 0 aliphatic rings. The van der Waals surface area contributed by atoms with Crippen molar-refractivity contribution >= 4 is 21.2 Å². The van der Waals surface area contributed by atoms with Crippen LogP contribution in [-0.2, 0) is 21.8 Å². The highest BCUT2D eigenvalue weighted by molar-refractivity contribution is 7.90. The Morgan fingerprint density at radius 3 is 2.55 bits per heavy atom. The fourth-order valence-corrected chi connectivity index (χ4v) is 3.80. The van der Waals surface area contributed by atoms with Gasteiger partial charge in [-0.25, -0.2) is 13.4 Å². The molecule has 9 heteroatoms. The highest BCUT2D eigenvalue weighted by atomic mass is 32.2. The number of nitriles is 1. The predicted molar refractivity (Wildman–Crippen MR) is 73.9 cm³/mol. The Labute approximate surface area is 128 Å². The molecular weight excluding hydrogens is 337 g/mol. The zero-order valence-corrected chi connectivity index (χ0v) is 12.8. The number of aromatic nitrogens is 1. The van der Waals surface area contributed by atoms with Crippen molar-refractivity contribution in [3.05, 3.63) is 45.4 Å². The van der Waals surface area contributed by atoms with E-state index in [2.05, 4.69) is 4.98 Å². The van der Waals surface area contributed by atoms with Gasteiger partial charge in [0, 0.05) is 5.38 Å². The average molecular weight is 346 g/mol. The summed E-state index contributed by atoms with van der Waals surface area (Å²) in [5.74, 6) is -0.486. The van der Waals surface area contributed by atoms with E-state index in [1.807, 2.05) is 0 Å². The van der Waals surface area contributed by atoms with Gasteiger partial charge in [-0.05, 0) is 25.1 Å². The van der Waals surface area contributed by atoms with Gasteiger partial charge in [-0.1, -0.05) is 0 Å². The molecule has 0 fully saturated rings. The molecule has 0 spiro atoms. The topological polar surface area (TPSA) is 70.8 Å². The van der Waals surface area contributed by atoms with E-state index < -0.39 is 37.8 Å². The minimum atomic E-state index is -4.80. The fourth-order valence-electron chi connectivity index (χ4n) is 1.80. The normalized spacial score (nSPS) is 12.1. The number of thiazole rings is 1. The van der Waals surface area contributed by atoms with Crippen molar-refractivity contribution in [2.75, 3.05) is 0 Å². The maximum Gasteiger partial charge on any atom is 0.417 e. The van der Waals surface area contributed by atoms with Gasteiger partial charge in [-0.2, -0.15) is 18.4 Å². The van der Waals surface area contributed by atoms with Gasteiger partial charge in [0.15, 0.2) is 9.84 Å². The first kappa shape index (κ1) is 16.5. The third-order valence-electron chi connectivity index (χ3n) is 2.78. The highest BCUT2D eigenvalue weighted by Gasteiger charge is 2.35. The fraction of sp³-hybridized carbons (Fsp3) is 0.231. The largest absolute Gasteiger partial charge is 0.417 e. The third-order valence-corrected chi connectivity index (χ3v) is 5.25. The van der Waals surface area contributed by atoms with E-state index in [-0.39, 0.29) is 5.69 Å². The number of alkyl halides is 3. The molecule has 1 aromatic heterocycles. The summed E-state index contributed by atoms with van der Waals surface area (Å²) < 4.78 is 63.0. The monoisotopic (exact) mass is 346 g/mol. The van der Waals surface area contributed by atoms with Crippen LogP contribution in [0.15, 0.2) is 28.5 Å². The van der Waals surface area contributed by atoms with E-state index >= 15 is 0 Å². The summed E-state index contributed by atoms with van der Waals surface area (Å²) >= 11 is 1.26. The van der Waals surface area contributed by atoms with Gasteiger partial charge < -0.3 is 0 Å². The number of rotatable bonds is 3. The smallest absolute Gasteiger partial charge is 0.246 e. The molecule has 1 heterocycles. The molecule has 0 aliphatic carbocycles. The van der Waals surface area contributed by atoms with E-state index in [1.54, 1.807) is 12.3 Å². The molecular formula is C13H9F3N2O2S2. The van der Waals surface area contributed by atoms with Gasteiger partial charge in [0.1, 0.15) is 0 Å². The second-order valence-electron chi connectivity index (χ2n) is 4.43. The van der Waals surface area contributed by atoms with Crippen LogP contribution in [0.5, 0.6) is 0 Å². The first-order valence-corrected chi connectivity index (χ1v) is 8.42. The van der Waals surface area contributed by atoms with E-state index in [4.69, 9.17) is 5.26 Å². The third kappa shape index (κ3) is 3.45. The molecule has 0 aliphatic heterocycles. The van der Waals surface area contributed by atoms with Crippen LogP contribution in [0.2, 0.25) is 0 Å². The summed E-state index contributed by atoms with van der Waals surface area (Å²) in [4.78, 5) is 3.51. The number of hydrogen-bond acceptors (Lipinski definition) is 5. The quantitative estimate of drug-likeness (QED) is 0.855. The molecule has 2 rings (SSSR count). The second kappa shape index (κ2) is 5.70. The minimum Gasteiger partial charge on any atom is -0.246 e. The van der Waals surface area contributed by atoms with Crippen LogP contribution in [0, 0.1) is 18.3 Å². The van der Waals surface area contributed by atoms with Gasteiger partial charge >= 0.3 is 6.18 Å². The maximum atomic E-state index is 12.9. The summed E-state index contributed by atoms with van der Waals surface area (Å²) in [6.45, 7) is 1.70. The first-order valence-electron chi connectivity index (χ1n) is 5.88. The molecule has 0 amide bonds. The zero-order chi connectivity index (χ0) is 16.5. The van der Waals surface area contributed by atoms with Crippen LogP contribution >= 0.6 is 11.3 Å². The molecule has 2 aromatic rings. The van der Waals surface area contributed by atoms with Crippen molar-refractivity contribution in [1.82, 2.24) is 4.98 Å². The van der Waals surface area contributed by atoms with Crippen molar-refractivity contribution in [3.8, 4) is 6.07 Å². The van der Waals surface area contributed by atoms with Gasteiger partial charge in [0.25, 0.3) is 0 Å². The lowest BCUT2D eigenvalue weighted by Gasteiger charge is -2.11. The molecule has 22 heavy (non-hydrogen) atoms. The molecule has 0 saturated carbocycles. The maximum absolute atomic E-state index is 12.9. The number of sulfone groups is 1. The highest BCUT2D eigenvalue weighted by Crippen LogP contribution is 2.33. The van der Waals surface area contributed by atoms with Crippen molar-refractivity contribution in [2.24, 2.45) is 0 Å². The number of nitrogens with zero attached hydrogens (tertiary/aromatic N) is 2. The van der Waals surface area contributed by atoms with Gasteiger partial charge in [0.05, 0.1) is 38.5 Å². The molecule has 116 valence electrons. The first-order chi connectivity index (χ1) is 10.1. The summed E-state index contributed by atoms with van der Waals surface area (Å²) in [6, 6.07) is 3.77. The van der Waals surface area contributed by atoms with Crippen LogP contribution in [0.4, 0.5) is 13.2 Å². The Bertz CT molecular complexity index is 849. The van der Waals surface area contributed by atoms with Gasteiger partial charge in [0.2, 0.25) is 0 Å². The molecule has 0 bridgehead atoms. The van der Waals surface area contributed by atoms with Crippen molar-refractivity contribution in [2.45, 2.75) is 23.7 Å². The van der Waals surface area contributed by atoms with Crippen LogP contribution < -0.4 is 0 Å². The lowest BCUT2D eigenvalue weighted by molar-refractivity contribution is -0.137. The lowest BCUT2D eigenvalue weighted by Crippen LogP contribution is -2.11. The molecule has 0 atom stereocenters. The predicted octanol–water partition coefficient (Wildman–Crippen LogP) is 3.32. The lowest BCUT2D eigenvalue weighted by atomic mass is 10.1. The summed E-state index contributed by atoms with van der Waals surface area (Å²) in [7, 11) is -3.97. The summed E-state index contributed by atoms with van der Waals surface area (Å²) in [5.41, 5.74) is -1.60. The van der Waals surface area contributed by atoms with Crippen molar-refractivity contribution in [3.63, 3.8) is 0 Å². The van der Waals surface area contributed by atoms with Gasteiger partial charge in [-0.15, -0.1) is 11.3 Å². The Hall–Kier alpha value is -1.92. The molecule has 0 unspecified atom stereocenters. The Morgan fingerprint density at radius 2 is 2.05 bits per heavy atom. The molecule has 0 saturated heterocycles. The SMILES string of the molecule is Cc1nc(CS(=O)(=O)c2ccc(C#N)c(C(F)(F)F)c2)cs1. The molecule has 1 aromatic carbocycles. The van der Waals surface area contributed by atoms with E-state index in [0.29, 0.717) is 11.1 Å². The Morgan fingerprint density at radius 1 is 1.36 bits per heavy atom. The Balaban J connectivity index is 2.46. The molecule has 0 radical (unpaired) electrons. The minimum absolute atomic E-state index is 0.278. The van der Waals surface area contributed by atoms with Crippen molar-refractivity contribution in [1.29, 1.82) is 5.26 Å². The van der Waals surface area contributed by atoms with Crippen LogP contribution in [0.1, 0.15) is 21.8 Å². The van der Waals surface area contributed by atoms with E-state index in [9.17, 15) is 21.6 Å². The summed E-state index contributed by atoms with van der Waals surface area (Å²) in [5, 5.41) is 10.9. The second-order valence-corrected chi connectivity index (χ2v) is 7.49. The Kier molecular flexibility index (Phi) is 4.26. The number of aryl methyl sites for hydroxylation is 1. The van der Waals surface area contributed by atoms with Gasteiger partial charge in [-0.3, -0.25) is 0 Å². The van der Waals surface area contributed by atoms with Crippen LogP contribution in [-0.4, -0.2) is 13.4 Å². The average Bonchev–Trinajstić information content (AvgIpc) is 2.81. The molecule has 0 N–H and O–H groups in total.